The predicted molar refractivity (Wildman–Crippen MR) is 92.3 cm³/mol. The first-order chi connectivity index (χ1) is 12.5. The van der Waals surface area contributed by atoms with E-state index in [-0.39, 0.29) is 5.56 Å². The van der Waals surface area contributed by atoms with Crippen LogP contribution in [0.1, 0.15) is 21.7 Å². The van der Waals surface area contributed by atoms with Crippen molar-refractivity contribution in [3.63, 3.8) is 0 Å². The Morgan fingerprint density at radius 1 is 1.27 bits per heavy atom. The average Bonchev–Trinajstić information content (AvgIpc) is 3.03. The molecule has 6 nitrogen and oxygen atoms in total. The van der Waals surface area contributed by atoms with Gasteiger partial charge >= 0.3 is 0 Å². The Labute approximate surface area is 148 Å². The third-order valence-corrected chi connectivity index (χ3v) is 3.78. The van der Waals surface area contributed by atoms with Gasteiger partial charge in [0.05, 0.1) is 24.4 Å². The number of rotatable bonds is 4. The highest BCUT2D eigenvalue weighted by atomic mass is 19.1. The molecule has 7 heteroatoms. The van der Waals surface area contributed by atoms with Crippen molar-refractivity contribution in [1.82, 2.24) is 5.16 Å². The zero-order valence-corrected chi connectivity index (χ0v) is 14.0. The number of anilines is 1. The van der Waals surface area contributed by atoms with E-state index in [0.29, 0.717) is 34.0 Å². The lowest BCUT2D eigenvalue weighted by molar-refractivity contribution is 0.102. The Hall–Kier alpha value is -3.66. The van der Waals surface area contributed by atoms with E-state index in [9.17, 15) is 9.18 Å². The molecule has 0 aliphatic heterocycles. The van der Waals surface area contributed by atoms with Crippen LogP contribution < -0.4 is 10.1 Å². The summed E-state index contributed by atoms with van der Waals surface area (Å²) < 4.78 is 23.5. The van der Waals surface area contributed by atoms with Crippen molar-refractivity contribution >= 4 is 11.6 Å². The van der Waals surface area contributed by atoms with Crippen LogP contribution in [0.25, 0.3) is 11.3 Å². The SMILES string of the molecule is COc1ccc(C#N)cc1NC(=O)c1c(-c2ccc(F)cc2)noc1C. The van der Waals surface area contributed by atoms with Crippen molar-refractivity contribution in [2.24, 2.45) is 0 Å². The summed E-state index contributed by atoms with van der Waals surface area (Å²) in [5.41, 5.74) is 1.80. The second kappa shape index (κ2) is 7.07. The Bertz CT molecular complexity index is 1000. The van der Waals surface area contributed by atoms with Crippen molar-refractivity contribution in [2.75, 3.05) is 12.4 Å². The van der Waals surface area contributed by atoms with Gasteiger partial charge in [0.2, 0.25) is 0 Å². The maximum atomic E-state index is 13.1. The molecule has 1 aromatic heterocycles. The Balaban J connectivity index is 1.98. The quantitative estimate of drug-likeness (QED) is 0.769. The lowest BCUT2D eigenvalue weighted by Gasteiger charge is -2.10. The molecule has 2 aromatic carbocycles. The Morgan fingerprint density at radius 2 is 2.00 bits per heavy atom. The van der Waals surface area contributed by atoms with E-state index in [1.165, 1.54) is 37.4 Å². The van der Waals surface area contributed by atoms with Crippen LogP contribution in [-0.4, -0.2) is 18.2 Å². The maximum absolute atomic E-state index is 13.1. The first kappa shape index (κ1) is 17.2. The molecule has 0 spiro atoms. The van der Waals surface area contributed by atoms with Crippen molar-refractivity contribution < 1.29 is 18.4 Å². The van der Waals surface area contributed by atoms with E-state index >= 15 is 0 Å². The average molecular weight is 351 g/mol. The maximum Gasteiger partial charge on any atom is 0.261 e. The fraction of sp³-hybridized carbons (Fsp3) is 0.105. The first-order valence-corrected chi connectivity index (χ1v) is 7.65. The van der Waals surface area contributed by atoms with Gasteiger partial charge in [-0.15, -0.1) is 0 Å². The molecule has 1 N–H and O–H groups in total. The summed E-state index contributed by atoms with van der Waals surface area (Å²) in [6, 6.07) is 12.3. The van der Waals surface area contributed by atoms with Crippen LogP contribution in [0.2, 0.25) is 0 Å². The number of nitrogens with one attached hydrogen (secondary N) is 1. The van der Waals surface area contributed by atoms with Gasteiger partial charge in [-0.25, -0.2) is 4.39 Å². The molecule has 3 rings (SSSR count). The van der Waals surface area contributed by atoms with Gasteiger partial charge in [-0.2, -0.15) is 5.26 Å². The Kier molecular flexibility index (Phi) is 4.67. The van der Waals surface area contributed by atoms with Gasteiger partial charge in [-0.3, -0.25) is 4.79 Å². The second-order valence-electron chi connectivity index (χ2n) is 5.45. The summed E-state index contributed by atoms with van der Waals surface area (Å²) >= 11 is 0. The van der Waals surface area contributed by atoms with E-state index < -0.39 is 11.7 Å². The number of nitrogens with zero attached hydrogens (tertiary/aromatic N) is 2. The van der Waals surface area contributed by atoms with Gasteiger partial charge in [-0.05, 0) is 49.4 Å². The highest BCUT2D eigenvalue weighted by Crippen LogP contribution is 2.29. The van der Waals surface area contributed by atoms with E-state index in [1.54, 1.807) is 19.1 Å². The Morgan fingerprint density at radius 3 is 2.65 bits per heavy atom. The topological polar surface area (TPSA) is 88.1 Å². The number of halogens is 1. The molecule has 0 saturated carbocycles. The lowest BCUT2D eigenvalue weighted by Crippen LogP contribution is -2.14. The summed E-state index contributed by atoms with van der Waals surface area (Å²) in [6.45, 7) is 1.61. The van der Waals surface area contributed by atoms with Crippen LogP contribution in [0, 0.1) is 24.1 Å². The van der Waals surface area contributed by atoms with E-state index in [2.05, 4.69) is 10.5 Å². The smallest absolute Gasteiger partial charge is 0.261 e. The number of amides is 1. The molecule has 1 heterocycles. The van der Waals surface area contributed by atoms with E-state index in [1.807, 2.05) is 6.07 Å². The summed E-state index contributed by atoms with van der Waals surface area (Å²) in [7, 11) is 1.46. The van der Waals surface area contributed by atoms with Gasteiger partial charge in [0.25, 0.3) is 5.91 Å². The third kappa shape index (κ3) is 3.26. The number of methoxy groups -OCH3 is 1. The van der Waals surface area contributed by atoms with Gasteiger partial charge in [0, 0.05) is 5.56 Å². The minimum Gasteiger partial charge on any atom is -0.495 e. The van der Waals surface area contributed by atoms with Gasteiger partial charge in [0.15, 0.2) is 0 Å². The molecular weight excluding hydrogens is 337 g/mol. The van der Waals surface area contributed by atoms with Crippen LogP contribution >= 0.6 is 0 Å². The minimum atomic E-state index is -0.475. The number of carbonyl (C=O) groups excluding carboxylic acids is 1. The van der Waals surface area contributed by atoms with Crippen molar-refractivity contribution in [1.29, 1.82) is 5.26 Å². The molecule has 0 aliphatic carbocycles. The van der Waals surface area contributed by atoms with Crippen LogP contribution in [-0.2, 0) is 0 Å². The van der Waals surface area contributed by atoms with E-state index in [4.69, 9.17) is 14.5 Å². The second-order valence-corrected chi connectivity index (χ2v) is 5.45. The normalized spacial score (nSPS) is 10.2. The number of aromatic nitrogens is 1. The van der Waals surface area contributed by atoms with Gasteiger partial charge in [-0.1, -0.05) is 5.16 Å². The number of hydrogen-bond acceptors (Lipinski definition) is 5. The predicted octanol–water partition coefficient (Wildman–Crippen LogP) is 3.92. The lowest BCUT2D eigenvalue weighted by atomic mass is 10.1. The van der Waals surface area contributed by atoms with Crippen molar-refractivity contribution in [2.45, 2.75) is 6.92 Å². The molecule has 0 aliphatic rings. The summed E-state index contributed by atoms with van der Waals surface area (Å²) in [4.78, 5) is 12.8. The zero-order valence-electron chi connectivity index (χ0n) is 14.0. The molecule has 0 radical (unpaired) electrons. The molecule has 130 valence electrons. The molecule has 26 heavy (non-hydrogen) atoms. The largest absolute Gasteiger partial charge is 0.495 e. The number of nitriles is 1. The van der Waals surface area contributed by atoms with Crippen LogP contribution in [0.5, 0.6) is 5.75 Å². The molecule has 0 fully saturated rings. The molecule has 0 saturated heterocycles. The fourth-order valence-corrected chi connectivity index (χ4v) is 2.50. The highest BCUT2D eigenvalue weighted by molar-refractivity contribution is 6.09. The first-order valence-electron chi connectivity index (χ1n) is 7.65. The van der Waals surface area contributed by atoms with Gasteiger partial charge < -0.3 is 14.6 Å². The van der Waals surface area contributed by atoms with Crippen molar-refractivity contribution in [3.05, 3.63) is 65.2 Å². The minimum absolute atomic E-state index is 0.223. The van der Waals surface area contributed by atoms with E-state index in [0.717, 1.165) is 0 Å². The van der Waals surface area contributed by atoms with Gasteiger partial charge in [0.1, 0.15) is 28.6 Å². The van der Waals surface area contributed by atoms with Crippen LogP contribution in [0.4, 0.5) is 10.1 Å². The molecular formula is C19H14FN3O3. The number of benzene rings is 2. The fourth-order valence-electron chi connectivity index (χ4n) is 2.50. The standard InChI is InChI=1S/C19H14FN3O3/c1-11-17(18(23-26-11)13-4-6-14(20)7-5-13)19(24)22-15-9-12(10-21)3-8-16(15)25-2/h3-9H,1-2H3,(H,22,24). The summed E-state index contributed by atoms with van der Waals surface area (Å²) in [5, 5.41) is 15.7. The summed E-state index contributed by atoms with van der Waals surface area (Å²) in [5.74, 6) is -0.137. The molecule has 1 amide bonds. The molecule has 0 bridgehead atoms. The zero-order chi connectivity index (χ0) is 18.7. The van der Waals surface area contributed by atoms with Crippen LogP contribution in [0.15, 0.2) is 47.0 Å². The molecule has 0 unspecified atom stereocenters. The number of ether oxygens (including phenoxy) is 1. The molecule has 3 aromatic rings. The van der Waals surface area contributed by atoms with Crippen LogP contribution in [0.3, 0.4) is 0 Å². The third-order valence-electron chi connectivity index (χ3n) is 3.78. The summed E-state index contributed by atoms with van der Waals surface area (Å²) in [6.07, 6.45) is 0. The number of carbonyl (C=O) groups is 1. The monoisotopic (exact) mass is 351 g/mol. The highest BCUT2D eigenvalue weighted by Gasteiger charge is 2.22. The van der Waals surface area contributed by atoms with Crippen molar-refractivity contribution in [3.8, 4) is 23.1 Å². The number of aryl methyl sites for hydroxylation is 1. The molecule has 0 atom stereocenters. The number of hydrogen-bond donors (Lipinski definition) is 1.